The zero-order chi connectivity index (χ0) is 3.58. The molecule has 4 heavy (non-hydrogen) atoms. The summed E-state index contributed by atoms with van der Waals surface area (Å²) in [7, 11) is -0.604. The Kier molecular flexibility index (Phi) is 4.74. The summed E-state index contributed by atoms with van der Waals surface area (Å²) in [4.78, 5) is 0. The number of rotatable bonds is 0. The van der Waals surface area contributed by atoms with Crippen molar-refractivity contribution in [2.24, 2.45) is 0 Å². The van der Waals surface area contributed by atoms with E-state index in [1.54, 1.807) is 0 Å². The van der Waals surface area contributed by atoms with E-state index in [4.69, 9.17) is 0 Å². The maximum atomic E-state index is 3.23. The van der Waals surface area contributed by atoms with Gasteiger partial charge in [0.2, 0.25) is 0 Å². The molecular formula is Br3Cr+. The van der Waals surface area contributed by atoms with Crippen LogP contribution in [0, 0.1) is 0 Å². The summed E-state index contributed by atoms with van der Waals surface area (Å²) in [6.45, 7) is 0. The molecule has 0 atom stereocenters. The minimum atomic E-state index is -0.604. The second kappa shape index (κ2) is 3.17. The van der Waals surface area contributed by atoms with E-state index in [1.165, 1.54) is 0 Å². The van der Waals surface area contributed by atoms with Crippen molar-refractivity contribution in [3.05, 3.63) is 0 Å². The summed E-state index contributed by atoms with van der Waals surface area (Å²) >= 11 is 9.69. The van der Waals surface area contributed by atoms with E-state index in [0.717, 1.165) is 0 Å². The van der Waals surface area contributed by atoms with E-state index in [2.05, 4.69) is 42.2 Å². The maximum absolute atomic E-state index is 3.23. The minimum absolute atomic E-state index is 0.604. The summed E-state index contributed by atoms with van der Waals surface area (Å²) in [6.07, 6.45) is 0. The molecule has 0 saturated carbocycles. The molecule has 26 valence electrons. The van der Waals surface area contributed by atoms with Gasteiger partial charge >= 0.3 is 50.8 Å². The molecule has 4 heteroatoms. The summed E-state index contributed by atoms with van der Waals surface area (Å²) in [5.41, 5.74) is 0. The van der Waals surface area contributed by atoms with Crippen molar-refractivity contribution in [3.8, 4) is 0 Å². The third-order valence-electron chi connectivity index (χ3n) is 0. The third-order valence-corrected chi connectivity index (χ3v) is 0. The Morgan fingerprint density at radius 2 is 1.00 bits per heavy atom. The molecule has 0 nitrogen and oxygen atoms in total. The topological polar surface area (TPSA) is 0 Å². The van der Waals surface area contributed by atoms with E-state index in [1.807, 2.05) is 0 Å². The van der Waals surface area contributed by atoms with Crippen molar-refractivity contribution in [1.82, 2.24) is 0 Å². The summed E-state index contributed by atoms with van der Waals surface area (Å²) in [6, 6.07) is 0. The molecule has 0 unspecified atom stereocenters. The summed E-state index contributed by atoms with van der Waals surface area (Å²) < 4.78 is 0. The molecule has 0 aromatic carbocycles. The Bertz CT molecular complexity index is 8.00. The van der Waals surface area contributed by atoms with Crippen LogP contribution in [0.3, 0.4) is 0 Å². The molecule has 0 heterocycles. The van der Waals surface area contributed by atoms with Gasteiger partial charge in [0.1, 0.15) is 0 Å². The second-order valence-electron chi connectivity index (χ2n) is 0.175. The molecule has 0 radical (unpaired) electrons. The van der Waals surface area contributed by atoms with Crippen LogP contribution in [0.2, 0.25) is 0 Å². The normalized spacial score (nSPS) is 9.00. The van der Waals surface area contributed by atoms with Crippen LogP contribution in [0.5, 0.6) is 0 Å². The number of hydrogen-bond acceptors (Lipinski definition) is 0. The van der Waals surface area contributed by atoms with Gasteiger partial charge in [-0.05, 0) is 0 Å². The van der Waals surface area contributed by atoms with Gasteiger partial charge in [-0.1, -0.05) is 0 Å². The van der Waals surface area contributed by atoms with Crippen LogP contribution in [-0.2, 0) is 8.67 Å². The molecule has 0 N–H and O–H groups in total. The van der Waals surface area contributed by atoms with Crippen molar-refractivity contribution in [2.75, 3.05) is 0 Å². The van der Waals surface area contributed by atoms with Gasteiger partial charge in [-0.2, -0.15) is 0 Å². The SMILES string of the molecule is [Br][Cr+]([Br])[Br]. The van der Waals surface area contributed by atoms with Crippen LogP contribution in [0.1, 0.15) is 0 Å². The third kappa shape index (κ3) is 9.02. The Labute approximate surface area is 50.3 Å². The Morgan fingerprint density at radius 1 is 1.00 bits per heavy atom. The molecule has 0 aromatic rings. The molecule has 0 rings (SSSR count). The van der Waals surface area contributed by atoms with Crippen LogP contribution in [0.4, 0.5) is 0 Å². The average Bonchev–Trinajstić information content (AvgIpc) is 0.811. The fraction of sp³-hybridized carbons (Fsp3) is 0. The van der Waals surface area contributed by atoms with Gasteiger partial charge < -0.3 is 0 Å². The summed E-state index contributed by atoms with van der Waals surface area (Å²) in [5, 5.41) is 0. The van der Waals surface area contributed by atoms with Gasteiger partial charge in [0.25, 0.3) is 0 Å². The van der Waals surface area contributed by atoms with E-state index >= 15 is 0 Å². The summed E-state index contributed by atoms with van der Waals surface area (Å²) in [5.74, 6) is 0. The molecule has 0 aliphatic heterocycles. The quantitative estimate of drug-likeness (QED) is 0.643. The average molecular weight is 292 g/mol. The molecule has 0 aliphatic carbocycles. The van der Waals surface area contributed by atoms with E-state index in [-0.39, 0.29) is 0 Å². The Balaban J connectivity index is 2.32. The van der Waals surface area contributed by atoms with E-state index in [0.29, 0.717) is 0 Å². The first kappa shape index (κ1) is 5.97. The fourth-order valence-corrected chi connectivity index (χ4v) is 0. The van der Waals surface area contributed by atoms with Crippen LogP contribution in [0.25, 0.3) is 0 Å². The number of hydrogen-bond donors (Lipinski definition) is 0. The molecule has 0 aromatic heterocycles. The predicted molar refractivity (Wildman–Crippen MR) is 26.8 cm³/mol. The molecule has 0 bridgehead atoms. The van der Waals surface area contributed by atoms with Crippen molar-refractivity contribution in [2.45, 2.75) is 0 Å². The van der Waals surface area contributed by atoms with Crippen LogP contribution in [0.15, 0.2) is 0 Å². The Hall–Kier alpha value is 1.97. The monoisotopic (exact) mass is 289 g/mol. The fourth-order valence-electron chi connectivity index (χ4n) is 0. The van der Waals surface area contributed by atoms with Gasteiger partial charge in [-0.25, -0.2) is 0 Å². The first-order valence-corrected chi connectivity index (χ1v) is 9.92. The van der Waals surface area contributed by atoms with Gasteiger partial charge in [0, 0.05) is 0 Å². The van der Waals surface area contributed by atoms with E-state index in [9.17, 15) is 0 Å². The van der Waals surface area contributed by atoms with Gasteiger partial charge in [0.15, 0.2) is 0 Å². The molecule has 0 fully saturated rings. The second-order valence-corrected chi connectivity index (χ2v) is 19.5. The van der Waals surface area contributed by atoms with Crippen LogP contribution < -0.4 is 0 Å². The molecule has 0 saturated heterocycles. The van der Waals surface area contributed by atoms with Crippen LogP contribution in [-0.4, -0.2) is 0 Å². The zero-order valence-electron chi connectivity index (χ0n) is 1.54. The molecular weight excluding hydrogens is 292 g/mol. The van der Waals surface area contributed by atoms with Crippen LogP contribution >= 0.6 is 42.2 Å². The van der Waals surface area contributed by atoms with Crippen molar-refractivity contribution < 1.29 is 8.67 Å². The van der Waals surface area contributed by atoms with Gasteiger partial charge in [0.05, 0.1) is 0 Å². The van der Waals surface area contributed by atoms with Gasteiger partial charge in [-0.3, -0.25) is 0 Å². The molecule has 0 aliphatic rings. The standard InChI is InChI=1S/3BrH.Cr/h3*1H;/q;;;+4/p-3. The van der Waals surface area contributed by atoms with Crippen molar-refractivity contribution in [1.29, 1.82) is 0 Å². The van der Waals surface area contributed by atoms with Gasteiger partial charge in [-0.15, -0.1) is 0 Å². The van der Waals surface area contributed by atoms with Crippen molar-refractivity contribution in [3.63, 3.8) is 0 Å². The zero-order valence-corrected chi connectivity index (χ0v) is 7.58. The molecule has 0 spiro atoms. The van der Waals surface area contributed by atoms with E-state index < -0.39 is 8.67 Å². The first-order valence-electron chi connectivity index (χ1n) is 0.463. The first-order chi connectivity index (χ1) is 1.73. The Morgan fingerprint density at radius 3 is 1.00 bits per heavy atom. The van der Waals surface area contributed by atoms with Crippen molar-refractivity contribution >= 4 is 42.2 Å². The predicted octanol–water partition coefficient (Wildman–Crippen LogP) is 2.53. The number of halogens is 3. The molecule has 0 amide bonds.